The molecule has 128 valence electrons. The molecule has 2 rings (SSSR count). The number of rotatable bonds is 6. The van der Waals surface area contributed by atoms with Gasteiger partial charge >= 0.3 is 5.97 Å². The Morgan fingerprint density at radius 3 is 2.64 bits per heavy atom. The maximum absolute atomic E-state index is 11.9. The van der Waals surface area contributed by atoms with Crippen molar-refractivity contribution in [3.63, 3.8) is 0 Å². The van der Waals surface area contributed by atoms with E-state index in [4.69, 9.17) is 21.6 Å². The fourth-order valence-electron chi connectivity index (χ4n) is 1.94. The number of thioether (sulfide) groups is 1. The van der Waals surface area contributed by atoms with Gasteiger partial charge in [-0.3, -0.25) is 14.4 Å². The van der Waals surface area contributed by atoms with Crippen LogP contribution in [0.15, 0.2) is 40.2 Å². The largest absolute Gasteiger partial charge is 0.457 e. The molecule has 0 fully saturated rings. The van der Waals surface area contributed by atoms with Gasteiger partial charge in [-0.15, -0.1) is 0 Å². The van der Waals surface area contributed by atoms with Crippen molar-refractivity contribution in [3.05, 3.63) is 62.4 Å². The number of ketones is 1. The number of aryl methyl sites for hydroxylation is 1. The lowest BCUT2D eigenvalue weighted by Gasteiger charge is -2.07. The van der Waals surface area contributed by atoms with Crippen LogP contribution in [0.2, 0.25) is 5.02 Å². The molecule has 8 heteroatoms. The van der Waals surface area contributed by atoms with Crippen molar-refractivity contribution in [1.82, 2.24) is 4.98 Å². The highest BCUT2D eigenvalue weighted by molar-refractivity contribution is 7.99. The van der Waals surface area contributed by atoms with E-state index in [-0.39, 0.29) is 17.1 Å². The van der Waals surface area contributed by atoms with E-state index < -0.39 is 12.6 Å². The third-order valence-electron chi connectivity index (χ3n) is 3.18. The minimum absolute atomic E-state index is 0.137. The van der Waals surface area contributed by atoms with Crippen molar-refractivity contribution < 1.29 is 14.3 Å². The van der Waals surface area contributed by atoms with Gasteiger partial charge in [0.05, 0.1) is 16.3 Å². The lowest BCUT2D eigenvalue weighted by atomic mass is 10.1. The minimum Gasteiger partial charge on any atom is -0.457 e. The number of pyridine rings is 1. The van der Waals surface area contributed by atoms with Crippen molar-refractivity contribution in [2.75, 3.05) is 12.4 Å². The van der Waals surface area contributed by atoms with Crippen LogP contribution in [0.25, 0.3) is 0 Å². The average Bonchev–Trinajstić information content (AvgIpc) is 2.58. The van der Waals surface area contributed by atoms with Crippen LogP contribution < -0.4 is 5.56 Å². The Hall–Kier alpha value is -2.56. The Bertz CT molecular complexity index is 900. The molecule has 0 aliphatic rings. The van der Waals surface area contributed by atoms with Crippen LogP contribution in [-0.4, -0.2) is 29.1 Å². The topological polar surface area (TPSA) is 100 Å². The molecule has 0 amide bonds. The summed E-state index contributed by atoms with van der Waals surface area (Å²) in [5, 5.41) is 9.93. The normalized spacial score (nSPS) is 10.1. The number of nitriles is 1. The molecule has 0 unspecified atom stereocenters. The molecule has 0 spiro atoms. The van der Waals surface area contributed by atoms with Crippen LogP contribution >= 0.6 is 23.4 Å². The van der Waals surface area contributed by atoms with Gasteiger partial charge in [0.25, 0.3) is 0 Å². The zero-order valence-corrected chi connectivity index (χ0v) is 14.7. The highest BCUT2D eigenvalue weighted by Crippen LogP contribution is 2.21. The molecule has 1 aromatic heterocycles. The summed E-state index contributed by atoms with van der Waals surface area (Å²) in [5.41, 5.74) is 0.861. The summed E-state index contributed by atoms with van der Waals surface area (Å²) >= 11 is 6.72. The number of aromatic nitrogens is 1. The molecule has 1 heterocycles. The van der Waals surface area contributed by atoms with E-state index >= 15 is 0 Å². The highest BCUT2D eigenvalue weighted by Gasteiger charge is 2.13. The first-order chi connectivity index (χ1) is 11.9. The van der Waals surface area contributed by atoms with Crippen LogP contribution in [-0.2, 0) is 9.53 Å². The molecule has 1 aromatic carbocycles. The lowest BCUT2D eigenvalue weighted by molar-refractivity contribution is -0.139. The number of benzene rings is 1. The second kappa shape index (κ2) is 8.51. The van der Waals surface area contributed by atoms with Crippen molar-refractivity contribution in [2.45, 2.75) is 11.9 Å². The number of carbonyl (C=O) groups excluding carboxylic acids is 2. The Kier molecular flexibility index (Phi) is 6.39. The first-order valence-electron chi connectivity index (χ1n) is 7.12. The molecule has 0 aliphatic heterocycles. The predicted molar refractivity (Wildman–Crippen MR) is 94.0 cm³/mol. The number of hydrogen-bond donors (Lipinski definition) is 1. The number of aromatic amines is 1. The Morgan fingerprint density at radius 2 is 2.00 bits per heavy atom. The second-order valence-electron chi connectivity index (χ2n) is 5.01. The Labute approximate surface area is 152 Å². The SMILES string of the molecule is Cc1cc(=O)[nH]c(SCC(=O)OCC(=O)c2ccc(Cl)cc2)c1C#N. The number of H-pyrrole nitrogens is 1. The lowest BCUT2D eigenvalue weighted by Crippen LogP contribution is -2.16. The number of hydrogen-bond acceptors (Lipinski definition) is 6. The molecule has 6 nitrogen and oxygen atoms in total. The summed E-state index contributed by atoms with van der Waals surface area (Å²) in [6, 6.07) is 9.53. The van der Waals surface area contributed by atoms with Gasteiger partial charge in [0.15, 0.2) is 12.4 Å². The summed E-state index contributed by atoms with van der Waals surface area (Å²) in [4.78, 5) is 37.7. The zero-order valence-electron chi connectivity index (χ0n) is 13.2. The standard InChI is InChI=1S/C17H13ClN2O4S/c1-10-6-15(22)20-17(13(10)7-19)25-9-16(23)24-8-14(21)11-2-4-12(18)5-3-11/h2-6H,8-9H2,1H3,(H,20,22). The summed E-state index contributed by atoms with van der Waals surface area (Å²) in [7, 11) is 0. The molecule has 0 radical (unpaired) electrons. The molecule has 0 atom stereocenters. The van der Waals surface area contributed by atoms with Crippen molar-refractivity contribution in [2.24, 2.45) is 0 Å². The molecular weight excluding hydrogens is 364 g/mol. The van der Waals surface area contributed by atoms with E-state index in [0.717, 1.165) is 11.8 Å². The van der Waals surface area contributed by atoms with E-state index in [1.807, 2.05) is 6.07 Å². The third kappa shape index (κ3) is 5.21. The summed E-state index contributed by atoms with van der Waals surface area (Å²) < 4.78 is 4.93. The molecule has 0 aliphatic carbocycles. The number of nitrogens with zero attached hydrogens (tertiary/aromatic N) is 1. The van der Waals surface area contributed by atoms with Crippen LogP contribution in [0, 0.1) is 18.3 Å². The van der Waals surface area contributed by atoms with Gasteiger partial charge in [-0.25, -0.2) is 0 Å². The summed E-state index contributed by atoms with van der Waals surface area (Å²) in [6.07, 6.45) is 0. The molecule has 0 saturated carbocycles. The van der Waals surface area contributed by atoms with Crippen LogP contribution in [0.1, 0.15) is 21.5 Å². The fourth-order valence-corrected chi connectivity index (χ4v) is 2.94. The molecule has 1 N–H and O–H groups in total. The van der Waals surface area contributed by atoms with Gasteiger partial charge in [0.1, 0.15) is 6.07 Å². The summed E-state index contributed by atoms with van der Waals surface area (Å²) in [6.45, 7) is 1.25. The number of carbonyl (C=O) groups is 2. The van der Waals surface area contributed by atoms with E-state index in [1.54, 1.807) is 31.2 Å². The van der Waals surface area contributed by atoms with Gasteiger partial charge in [0.2, 0.25) is 5.56 Å². The van der Waals surface area contributed by atoms with E-state index in [0.29, 0.717) is 26.7 Å². The Morgan fingerprint density at radius 1 is 1.32 bits per heavy atom. The third-order valence-corrected chi connectivity index (χ3v) is 4.41. The minimum atomic E-state index is -0.626. The van der Waals surface area contributed by atoms with Gasteiger partial charge in [-0.2, -0.15) is 5.26 Å². The van der Waals surface area contributed by atoms with Crippen molar-refractivity contribution >= 4 is 35.1 Å². The van der Waals surface area contributed by atoms with Crippen LogP contribution in [0.4, 0.5) is 0 Å². The number of ether oxygens (including phenoxy) is 1. The zero-order chi connectivity index (χ0) is 18.4. The van der Waals surface area contributed by atoms with Gasteiger partial charge < -0.3 is 9.72 Å². The number of esters is 1. The van der Waals surface area contributed by atoms with E-state index in [2.05, 4.69) is 4.98 Å². The molecule has 0 saturated heterocycles. The molecular formula is C17H13ClN2O4S. The number of halogens is 1. The van der Waals surface area contributed by atoms with Crippen LogP contribution in [0.5, 0.6) is 0 Å². The first kappa shape index (κ1) is 18.8. The van der Waals surface area contributed by atoms with Gasteiger partial charge in [-0.1, -0.05) is 23.4 Å². The number of Topliss-reactive ketones (excluding diaryl/α,β-unsaturated/α-hetero) is 1. The van der Waals surface area contributed by atoms with Gasteiger partial charge in [-0.05, 0) is 36.8 Å². The second-order valence-corrected chi connectivity index (χ2v) is 6.43. The quantitative estimate of drug-likeness (QED) is 0.472. The van der Waals surface area contributed by atoms with Gasteiger partial charge in [0, 0.05) is 16.7 Å². The van der Waals surface area contributed by atoms with E-state index in [9.17, 15) is 14.4 Å². The maximum Gasteiger partial charge on any atom is 0.316 e. The molecule has 25 heavy (non-hydrogen) atoms. The predicted octanol–water partition coefficient (Wildman–Crippen LogP) is 2.73. The number of nitrogens with one attached hydrogen (secondary N) is 1. The molecule has 2 aromatic rings. The fraction of sp³-hybridized carbons (Fsp3) is 0.176. The maximum atomic E-state index is 11.9. The van der Waals surface area contributed by atoms with Crippen LogP contribution in [0.3, 0.4) is 0 Å². The smallest absolute Gasteiger partial charge is 0.316 e. The average molecular weight is 377 g/mol. The Balaban J connectivity index is 1.91. The van der Waals surface area contributed by atoms with Crippen molar-refractivity contribution in [1.29, 1.82) is 5.26 Å². The monoisotopic (exact) mass is 376 g/mol. The summed E-state index contributed by atoms with van der Waals surface area (Å²) in [5.74, 6) is -1.11. The first-order valence-corrected chi connectivity index (χ1v) is 8.48. The molecule has 0 bridgehead atoms. The van der Waals surface area contributed by atoms with Crippen molar-refractivity contribution in [3.8, 4) is 6.07 Å². The van der Waals surface area contributed by atoms with E-state index in [1.165, 1.54) is 6.07 Å². The highest BCUT2D eigenvalue weighted by atomic mass is 35.5.